The quantitative estimate of drug-likeness (QED) is 0.708. The minimum atomic E-state index is -0.864. The second-order valence-corrected chi connectivity index (χ2v) is 7.13. The lowest BCUT2D eigenvalue weighted by molar-refractivity contribution is -0.154. The fourth-order valence-electron chi connectivity index (χ4n) is 3.65. The third kappa shape index (κ3) is 3.51. The Morgan fingerprint density at radius 2 is 1.59 bits per heavy atom. The van der Waals surface area contributed by atoms with Gasteiger partial charge in [-0.2, -0.15) is 0 Å². The predicted octanol–water partition coefficient (Wildman–Crippen LogP) is 4.28. The minimum Gasteiger partial charge on any atom is -0.459 e. The molecule has 27 heavy (non-hydrogen) atoms. The van der Waals surface area contributed by atoms with E-state index in [4.69, 9.17) is 4.74 Å². The van der Waals surface area contributed by atoms with Crippen LogP contribution in [0, 0.1) is 6.92 Å². The topological polar surface area (TPSA) is 38.3 Å². The van der Waals surface area contributed by atoms with Crippen LogP contribution in [-0.2, 0) is 34.6 Å². The molecule has 0 unspecified atom stereocenters. The van der Waals surface area contributed by atoms with Crippen LogP contribution in [0.1, 0.15) is 27.8 Å². The summed E-state index contributed by atoms with van der Waals surface area (Å²) in [5, 5.41) is 3.49. The van der Waals surface area contributed by atoms with E-state index in [1.807, 2.05) is 73.7 Å². The van der Waals surface area contributed by atoms with Crippen molar-refractivity contribution in [1.82, 2.24) is 5.32 Å². The molecule has 1 aliphatic heterocycles. The van der Waals surface area contributed by atoms with E-state index in [0.29, 0.717) is 13.0 Å². The van der Waals surface area contributed by atoms with Crippen molar-refractivity contribution < 1.29 is 9.53 Å². The number of rotatable bonds is 4. The summed E-state index contributed by atoms with van der Waals surface area (Å²) in [5.74, 6) is -0.232. The van der Waals surface area contributed by atoms with Crippen molar-refractivity contribution in [2.45, 2.75) is 32.0 Å². The Morgan fingerprint density at radius 3 is 2.33 bits per heavy atom. The molecule has 1 heterocycles. The molecule has 0 radical (unpaired) electrons. The molecule has 0 aliphatic carbocycles. The molecule has 3 heteroatoms. The standard InChI is InChI=1S/C24H23NO2/c1-18-11-13-22(14-12-18)24(15-20-9-5-6-10-21(20)16-25-24)23(26)27-17-19-7-3-2-4-8-19/h2-14,25H,15-17H2,1H3/t24-/m1/s1. The van der Waals surface area contributed by atoms with Crippen LogP contribution < -0.4 is 5.32 Å². The molecule has 4 rings (SSSR count). The molecule has 0 aromatic heterocycles. The lowest BCUT2D eigenvalue weighted by atomic mass is 9.79. The molecule has 1 aliphatic rings. The second kappa shape index (κ2) is 7.37. The van der Waals surface area contributed by atoms with Gasteiger partial charge in [-0.3, -0.25) is 5.32 Å². The molecule has 3 nitrogen and oxygen atoms in total. The molecular formula is C24H23NO2. The third-order valence-corrected chi connectivity index (χ3v) is 5.26. The monoisotopic (exact) mass is 357 g/mol. The number of nitrogens with one attached hydrogen (secondary N) is 1. The van der Waals surface area contributed by atoms with Gasteiger partial charge in [0, 0.05) is 13.0 Å². The lowest BCUT2D eigenvalue weighted by Gasteiger charge is -2.37. The average molecular weight is 357 g/mol. The second-order valence-electron chi connectivity index (χ2n) is 7.13. The summed E-state index contributed by atoms with van der Waals surface area (Å²) >= 11 is 0. The van der Waals surface area contributed by atoms with Crippen LogP contribution in [0.3, 0.4) is 0 Å². The van der Waals surface area contributed by atoms with Gasteiger partial charge in [0.05, 0.1) is 0 Å². The van der Waals surface area contributed by atoms with Gasteiger partial charge in [0.25, 0.3) is 0 Å². The summed E-state index contributed by atoms with van der Waals surface area (Å²) < 4.78 is 5.77. The smallest absolute Gasteiger partial charge is 0.331 e. The lowest BCUT2D eigenvalue weighted by Crippen LogP contribution is -2.53. The van der Waals surface area contributed by atoms with Crippen LogP contribution in [0.2, 0.25) is 0 Å². The summed E-state index contributed by atoms with van der Waals surface area (Å²) in [6.45, 7) is 2.97. The fraction of sp³-hybridized carbons (Fsp3) is 0.208. The molecule has 0 bridgehead atoms. The third-order valence-electron chi connectivity index (χ3n) is 5.26. The van der Waals surface area contributed by atoms with Crippen LogP contribution in [0.15, 0.2) is 78.9 Å². The zero-order valence-electron chi connectivity index (χ0n) is 15.4. The molecular weight excluding hydrogens is 334 g/mol. The number of ether oxygens (including phenoxy) is 1. The van der Waals surface area contributed by atoms with E-state index in [1.54, 1.807) is 0 Å². The highest BCUT2D eigenvalue weighted by molar-refractivity contribution is 5.83. The Bertz CT molecular complexity index is 934. The molecule has 136 valence electrons. The number of esters is 1. The molecule has 1 N–H and O–H groups in total. The number of aryl methyl sites for hydroxylation is 1. The van der Waals surface area contributed by atoms with Gasteiger partial charge in [0.1, 0.15) is 12.1 Å². The van der Waals surface area contributed by atoms with E-state index in [1.165, 1.54) is 16.7 Å². The summed E-state index contributed by atoms with van der Waals surface area (Å²) in [4.78, 5) is 13.3. The molecule has 3 aromatic rings. The minimum absolute atomic E-state index is 0.232. The Kier molecular flexibility index (Phi) is 4.78. The maximum Gasteiger partial charge on any atom is 0.331 e. The maximum atomic E-state index is 13.3. The van der Waals surface area contributed by atoms with E-state index >= 15 is 0 Å². The summed E-state index contributed by atoms with van der Waals surface area (Å²) in [7, 11) is 0. The SMILES string of the molecule is Cc1ccc([C@@]2(C(=O)OCc3ccccc3)Cc3ccccc3CN2)cc1. The van der Waals surface area contributed by atoms with Gasteiger partial charge < -0.3 is 4.74 Å². The number of hydrogen-bond donors (Lipinski definition) is 1. The van der Waals surface area contributed by atoms with Crippen molar-refractivity contribution in [2.75, 3.05) is 0 Å². The summed E-state index contributed by atoms with van der Waals surface area (Å²) in [6, 6.07) is 26.2. The summed E-state index contributed by atoms with van der Waals surface area (Å²) in [6.07, 6.45) is 0.583. The van der Waals surface area contributed by atoms with E-state index in [-0.39, 0.29) is 12.6 Å². The van der Waals surface area contributed by atoms with Gasteiger partial charge in [-0.1, -0.05) is 84.4 Å². The fourth-order valence-corrected chi connectivity index (χ4v) is 3.65. The van der Waals surface area contributed by atoms with E-state index in [0.717, 1.165) is 11.1 Å². The zero-order valence-corrected chi connectivity index (χ0v) is 15.4. The van der Waals surface area contributed by atoms with E-state index in [9.17, 15) is 4.79 Å². The van der Waals surface area contributed by atoms with Crippen LogP contribution in [-0.4, -0.2) is 5.97 Å². The van der Waals surface area contributed by atoms with Crippen molar-refractivity contribution in [2.24, 2.45) is 0 Å². The molecule has 0 fully saturated rings. The van der Waals surface area contributed by atoms with Gasteiger partial charge in [-0.25, -0.2) is 4.79 Å². The van der Waals surface area contributed by atoms with Gasteiger partial charge in [0.15, 0.2) is 0 Å². The van der Waals surface area contributed by atoms with Gasteiger partial charge >= 0.3 is 5.97 Å². The van der Waals surface area contributed by atoms with Crippen molar-refractivity contribution in [3.63, 3.8) is 0 Å². The van der Waals surface area contributed by atoms with Crippen molar-refractivity contribution in [1.29, 1.82) is 0 Å². The van der Waals surface area contributed by atoms with E-state index in [2.05, 4.69) is 17.4 Å². The summed E-state index contributed by atoms with van der Waals surface area (Å²) in [5.41, 5.74) is 4.66. The number of carbonyl (C=O) groups is 1. The normalized spacial score (nSPS) is 18.6. The molecule has 1 atom stereocenters. The van der Waals surface area contributed by atoms with Crippen LogP contribution >= 0.6 is 0 Å². The highest BCUT2D eigenvalue weighted by Crippen LogP contribution is 2.33. The number of fused-ring (bicyclic) bond motifs is 1. The average Bonchev–Trinajstić information content (AvgIpc) is 2.73. The number of hydrogen-bond acceptors (Lipinski definition) is 3. The first kappa shape index (κ1) is 17.5. The molecule has 3 aromatic carbocycles. The molecule has 0 saturated carbocycles. The van der Waals surface area contributed by atoms with Crippen molar-refractivity contribution in [3.8, 4) is 0 Å². The Morgan fingerprint density at radius 1 is 0.926 bits per heavy atom. The first-order valence-electron chi connectivity index (χ1n) is 9.27. The van der Waals surface area contributed by atoms with Crippen LogP contribution in [0.4, 0.5) is 0 Å². The molecule has 0 saturated heterocycles. The Balaban J connectivity index is 1.66. The van der Waals surface area contributed by atoms with Crippen LogP contribution in [0.25, 0.3) is 0 Å². The molecule has 0 spiro atoms. The van der Waals surface area contributed by atoms with Gasteiger partial charge in [-0.05, 0) is 29.2 Å². The zero-order chi connectivity index (χ0) is 18.7. The van der Waals surface area contributed by atoms with Gasteiger partial charge in [0.2, 0.25) is 0 Å². The number of carbonyl (C=O) groups excluding carboxylic acids is 1. The maximum absolute atomic E-state index is 13.3. The molecule has 0 amide bonds. The van der Waals surface area contributed by atoms with Crippen molar-refractivity contribution in [3.05, 3.63) is 107 Å². The first-order valence-corrected chi connectivity index (χ1v) is 9.27. The van der Waals surface area contributed by atoms with Crippen molar-refractivity contribution >= 4 is 5.97 Å². The highest BCUT2D eigenvalue weighted by atomic mass is 16.5. The van der Waals surface area contributed by atoms with Gasteiger partial charge in [-0.15, -0.1) is 0 Å². The Labute approximate surface area is 160 Å². The number of benzene rings is 3. The largest absolute Gasteiger partial charge is 0.459 e. The predicted molar refractivity (Wildman–Crippen MR) is 106 cm³/mol. The first-order chi connectivity index (χ1) is 13.2. The Hall–Kier alpha value is -2.91. The highest BCUT2D eigenvalue weighted by Gasteiger charge is 2.44. The van der Waals surface area contributed by atoms with E-state index < -0.39 is 5.54 Å². The van der Waals surface area contributed by atoms with Crippen LogP contribution in [0.5, 0.6) is 0 Å².